The minimum Gasteiger partial charge on any atom is -0.385 e. The Morgan fingerprint density at radius 2 is 1.56 bits per heavy atom. The molecule has 2 N–H and O–H groups in total. The number of allylic oxidation sites excluding steroid dienone is 8. The van der Waals surface area contributed by atoms with Crippen LogP contribution in [0.5, 0.6) is 0 Å². The molecule has 2 heteroatoms. The van der Waals surface area contributed by atoms with Crippen molar-refractivity contribution >= 4 is 32.9 Å². The van der Waals surface area contributed by atoms with Crippen molar-refractivity contribution in [2.75, 3.05) is 17.2 Å². The van der Waals surface area contributed by atoms with Gasteiger partial charge in [0.2, 0.25) is 0 Å². The lowest BCUT2D eigenvalue weighted by Crippen LogP contribution is -2.19. The van der Waals surface area contributed by atoms with Gasteiger partial charge in [0.25, 0.3) is 0 Å². The zero-order valence-corrected chi connectivity index (χ0v) is 25.5. The van der Waals surface area contributed by atoms with Gasteiger partial charge >= 0.3 is 0 Å². The summed E-state index contributed by atoms with van der Waals surface area (Å²) in [6, 6.07) is 24.2. The molecule has 0 aliphatic carbocycles. The van der Waals surface area contributed by atoms with Crippen LogP contribution in [-0.4, -0.2) is 6.54 Å². The average molecular weight is 541 g/mol. The number of fused-ring (bicyclic) bond motifs is 4. The van der Waals surface area contributed by atoms with Crippen molar-refractivity contribution in [3.8, 4) is 0 Å². The first kappa shape index (κ1) is 28.5. The van der Waals surface area contributed by atoms with Gasteiger partial charge < -0.3 is 10.6 Å². The molecule has 0 bridgehead atoms. The molecule has 4 aromatic carbocycles. The first-order valence-corrected chi connectivity index (χ1v) is 15.0. The highest BCUT2D eigenvalue weighted by Gasteiger charge is 2.36. The molecule has 4 aromatic rings. The number of rotatable bonds is 9. The van der Waals surface area contributed by atoms with E-state index in [1.165, 1.54) is 55.3 Å². The lowest BCUT2D eigenvalue weighted by atomic mass is 9.78. The van der Waals surface area contributed by atoms with E-state index in [2.05, 4.69) is 161 Å². The molecule has 0 fully saturated rings. The smallest absolute Gasteiger partial charge is 0.0430 e. The summed E-state index contributed by atoms with van der Waals surface area (Å²) in [4.78, 5) is 0. The fourth-order valence-electron chi connectivity index (χ4n) is 6.30. The van der Waals surface area contributed by atoms with Crippen LogP contribution in [0.15, 0.2) is 115 Å². The SMILES string of the molecule is CCCNc1ccc2ccccc2c1C(C)(C)C/C=C/C=C/C=C/C=C1/Nc2ccc3cccc(C)c3c2C1(C)C. The Balaban J connectivity index is 1.27. The predicted molar refractivity (Wildman–Crippen MR) is 181 cm³/mol. The van der Waals surface area contributed by atoms with Gasteiger partial charge in [-0.2, -0.15) is 0 Å². The number of benzene rings is 4. The first-order valence-electron chi connectivity index (χ1n) is 15.0. The van der Waals surface area contributed by atoms with Crippen LogP contribution >= 0.6 is 0 Å². The summed E-state index contributed by atoms with van der Waals surface area (Å²) < 4.78 is 0. The van der Waals surface area contributed by atoms with E-state index >= 15 is 0 Å². The zero-order valence-electron chi connectivity index (χ0n) is 25.5. The fraction of sp³-hybridized carbons (Fsp3) is 0.282. The second-order valence-electron chi connectivity index (χ2n) is 12.4. The third kappa shape index (κ3) is 5.75. The van der Waals surface area contributed by atoms with E-state index in [0.717, 1.165) is 19.4 Å². The second-order valence-corrected chi connectivity index (χ2v) is 12.4. The van der Waals surface area contributed by atoms with E-state index in [1.54, 1.807) is 0 Å². The summed E-state index contributed by atoms with van der Waals surface area (Å²) in [6.07, 6.45) is 17.2. The van der Waals surface area contributed by atoms with Gasteiger partial charge in [-0.15, -0.1) is 0 Å². The largest absolute Gasteiger partial charge is 0.385 e. The molecule has 1 aliphatic heterocycles. The predicted octanol–water partition coefficient (Wildman–Crippen LogP) is 10.7. The molecule has 41 heavy (non-hydrogen) atoms. The van der Waals surface area contributed by atoms with Gasteiger partial charge in [-0.3, -0.25) is 0 Å². The topological polar surface area (TPSA) is 24.1 Å². The molecular formula is C39H44N2. The number of hydrogen-bond donors (Lipinski definition) is 2. The standard InChI is InChI=1S/C39H44N2/c1-7-27-40-32-24-22-29-18-13-14-20-31(29)36(32)38(3,4)26-15-11-9-8-10-12-21-34-39(5,6)37-33(41-34)25-23-30-19-16-17-28(2)35(30)37/h8-25,40-41H,7,26-27H2,1-6H3/b9-8+,12-10+,15-11+,34-21+. The van der Waals surface area contributed by atoms with E-state index in [0.29, 0.717) is 0 Å². The maximum Gasteiger partial charge on any atom is 0.0430 e. The van der Waals surface area contributed by atoms with Crippen molar-refractivity contribution in [3.63, 3.8) is 0 Å². The Kier molecular flexibility index (Phi) is 8.22. The molecule has 0 saturated carbocycles. The molecule has 5 rings (SSSR count). The summed E-state index contributed by atoms with van der Waals surface area (Å²) >= 11 is 0. The van der Waals surface area contributed by atoms with Crippen LogP contribution in [0.2, 0.25) is 0 Å². The van der Waals surface area contributed by atoms with Crippen molar-refractivity contribution in [3.05, 3.63) is 132 Å². The van der Waals surface area contributed by atoms with Crippen LogP contribution in [0.1, 0.15) is 64.2 Å². The third-order valence-electron chi connectivity index (χ3n) is 8.46. The van der Waals surface area contributed by atoms with Gasteiger partial charge in [0, 0.05) is 29.0 Å². The van der Waals surface area contributed by atoms with Crippen LogP contribution in [0, 0.1) is 6.92 Å². The van der Waals surface area contributed by atoms with Crippen molar-refractivity contribution in [2.45, 2.75) is 65.2 Å². The van der Waals surface area contributed by atoms with Crippen molar-refractivity contribution in [1.82, 2.24) is 0 Å². The van der Waals surface area contributed by atoms with Gasteiger partial charge in [0.15, 0.2) is 0 Å². The fourth-order valence-corrected chi connectivity index (χ4v) is 6.30. The zero-order chi connectivity index (χ0) is 29.0. The number of nitrogens with one attached hydrogen (secondary N) is 2. The average Bonchev–Trinajstić information content (AvgIpc) is 3.22. The highest BCUT2D eigenvalue weighted by Crippen LogP contribution is 2.47. The van der Waals surface area contributed by atoms with Crippen LogP contribution in [0.4, 0.5) is 11.4 Å². The molecule has 210 valence electrons. The van der Waals surface area contributed by atoms with Crippen molar-refractivity contribution in [1.29, 1.82) is 0 Å². The van der Waals surface area contributed by atoms with Crippen LogP contribution in [0.3, 0.4) is 0 Å². The molecule has 1 heterocycles. The van der Waals surface area contributed by atoms with Crippen molar-refractivity contribution in [2.24, 2.45) is 0 Å². The molecule has 0 amide bonds. The number of hydrogen-bond acceptors (Lipinski definition) is 2. The number of anilines is 2. The lowest BCUT2D eigenvalue weighted by molar-refractivity contribution is 0.540. The van der Waals surface area contributed by atoms with E-state index in [4.69, 9.17) is 0 Å². The Morgan fingerprint density at radius 1 is 0.829 bits per heavy atom. The Morgan fingerprint density at radius 3 is 2.39 bits per heavy atom. The minimum atomic E-state index is -0.0764. The maximum absolute atomic E-state index is 3.68. The highest BCUT2D eigenvalue weighted by molar-refractivity contribution is 5.96. The molecular weight excluding hydrogens is 496 g/mol. The molecule has 0 radical (unpaired) electrons. The summed E-state index contributed by atoms with van der Waals surface area (Å²) in [5.74, 6) is 0. The molecule has 0 atom stereocenters. The quantitative estimate of drug-likeness (QED) is 0.206. The summed E-state index contributed by atoms with van der Waals surface area (Å²) in [6.45, 7) is 14.7. The molecule has 0 saturated heterocycles. The molecule has 2 nitrogen and oxygen atoms in total. The van der Waals surface area contributed by atoms with Gasteiger partial charge in [0.05, 0.1) is 0 Å². The first-order chi connectivity index (χ1) is 19.7. The summed E-state index contributed by atoms with van der Waals surface area (Å²) in [7, 11) is 0. The van der Waals surface area contributed by atoms with Gasteiger partial charge in [-0.05, 0) is 81.6 Å². The Labute approximate surface area is 246 Å². The van der Waals surface area contributed by atoms with E-state index in [-0.39, 0.29) is 10.8 Å². The summed E-state index contributed by atoms with van der Waals surface area (Å²) in [5, 5.41) is 12.7. The summed E-state index contributed by atoms with van der Waals surface area (Å²) in [5.41, 5.74) is 7.76. The number of aryl methyl sites for hydroxylation is 1. The normalized spacial score (nSPS) is 16.0. The van der Waals surface area contributed by atoms with E-state index < -0.39 is 0 Å². The molecule has 1 aliphatic rings. The maximum atomic E-state index is 3.68. The molecule has 0 spiro atoms. The van der Waals surface area contributed by atoms with Crippen LogP contribution in [-0.2, 0) is 10.8 Å². The third-order valence-corrected chi connectivity index (χ3v) is 8.46. The highest BCUT2D eigenvalue weighted by atomic mass is 15.0. The van der Waals surface area contributed by atoms with Crippen LogP contribution in [0.25, 0.3) is 21.5 Å². The second kappa shape index (κ2) is 11.8. The van der Waals surface area contributed by atoms with Crippen molar-refractivity contribution < 1.29 is 0 Å². The van der Waals surface area contributed by atoms with E-state index in [9.17, 15) is 0 Å². The van der Waals surface area contributed by atoms with E-state index in [1.807, 2.05) is 0 Å². The molecule has 0 unspecified atom stereocenters. The minimum absolute atomic E-state index is 0.00120. The Hall–Kier alpha value is -4.04. The van der Waals surface area contributed by atoms with Crippen LogP contribution < -0.4 is 10.6 Å². The Bertz CT molecular complexity index is 1680. The lowest BCUT2D eigenvalue weighted by Gasteiger charge is -2.29. The van der Waals surface area contributed by atoms with Gasteiger partial charge in [-0.1, -0.05) is 126 Å². The van der Waals surface area contributed by atoms with Gasteiger partial charge in [-0.25, -0.2) is 0 Å². The molecule has 0 aromatic heterocycles. The monoisotopic (exact) mass is 540 g/mol. The van der Waals surface area contributed by atoms with Gasteiger partial charge in [0.1, 0.15) is 0 Å².